The average molecular weight is 545 g/mol. The highest BCUT2D eigenvalue weighted by Crippen LogP contribution is 2.32. The third-order valence-corrected chi connectivity index (χ3v) is 6.39. The zero-order valence-corrected chi connectivity index (χ0v) is 20.2. The summed E-state index contributed by atoms with van der Waals surface area (Å²) in [5, 5.41) is 47.3. The number of amides is 1. The van der Waals surface area contributed by atoms with Gasteiger partial charge in [0.05, 0.1) is 24.7 Å². The van der Waals surface area contributed by atoms with Crippen LogP contribution in [0.5, 0.6) is 0 Å². The molecule has 1 saturated heterocycles. The minimum absolute atomic E-state index is 0.112. The Hall–Kier alpha value is -4.18. The molecular formula is C24H22F3N7O5. The molecule has 1 aliphatic rings. The number of likely N-dealkylation sites (N-methyl/N-ethyl adjacent to an activating group) is 1. The first-order valence-corrected chi connectivity index (χ1v) is 11.6. The number of hydrogen-bond donors (Lipinski definition) is 3. The molecule has 2 aromatic carbocycles. The van der Waals surface area contributed by atoms with Crippen molar-refractivity contribution in [3.8, 4) is 16.9 Å². The van der Waals surface area contributed by atoms with E-state index in [9.17, 15) is 33.3 Å². The van der Waals surface area contributed by atoms with Crippen LogP contribution in [0.1, 0.15) is 16.5 Å². The molecule has 15 heteroatoms. The summed E-state index contributed by atoms with van der Waals surface area (Å²) in [5.74, 6) is -3.42. The third-order valence-electron chi connectivity index (χ3n) is 6.39. The number of halogens is 3. The van der Waals surface area contributed by atoms with Crippen molar-refractivity contribution in [2.45, 2.75) is 30.6 Å². The molecule has 0 radical (unpaired) electrons. The Morgan fingerprint density at radius 1 is 1.03 bits per heavy atom. The van der Waals surface area contributed by atoms with E-state index in [0.717, 1.165) is 26.4 Å². The van der Waals surface area contributed by atoms with Crippen LogP contribution in [0.3, 0.4) is 0 Å². The van der Waals surface area contributed by atoms with E-state index in [1.807, 2.05) is 0 Å². The predicted octanol–water partition coefficient (Wildman–Crippen LogP) is 0.695. The lowest BCUT2D eigenvalue weighted by Crippen LogP contribution is -2.61. The van der Waals surface area contributed by atoms with E-state index in [4.69, 9.17) is 4.74 Å². The third kappa shape index (κ3) is 4.99. The second-order valence-electron chi connectivity index (χ2n) is 8.88. The first-order chi connectivity index (χ1) is 18.7. The summed E-state index contributed by atoms with van der Waals surface area (Å²) < 4.78 is 48.4. The molecule has 39 heavy (non-hydrogen) atoms. The first-order valence-electron chi connectivity index (χ1n) is 11.6. The molecule has 0 spiro atoms. The van der Waals surface area contributed by atoms with Crippen LogP contribution in [-0.2, 0) is 4.74 Å². The lowest BCUT2D eigenvalue weighted by Gasteiger charge is -2.44. The van der Waals surface area contributed by atoms with Gasteiger partial charge in [0.25, 0.3) is 5.91 Å². The van der Waals surface area contributed by atoms with Crippen molar-refractivity contribution in [2.24, 2.45) is 0 Å². The van der Waals surface area contributed by atoms with Crippen LogP contribution in [0, 0.1) is 17.5 Å². The van der Waals surface area contributed by atoms with Gasteiger partial charge in [-0.2, -0.15) is 0 Å². The predicted molar refractivity (Wildman–Crippen MR) is 126 cm³/mol. The lowest BCUT2D eigenvalue weighted by atomic mass is 9.95. The monoisotopic (exact) mass is 545 g/mol. The van der Waals surface area contributed by atoms with Gasteiger partial charge < -0.3 is 25.0 Å². The Morgan fingerprint density at radius 2 is 1.82 bits per heavy atom. The molecular weight excluding hydrogens is 523 g/mol. The Bertz CT molecular complexity index is 1500. The number of nitrogens with zero attached hydrogens (tertiary/aromatic N) is 7. The van der Waals surface area contributed by atoms with E-state index in [2.05, 4.69) is 20.6 Å². The number of ether oxygens (including phenoxy) is 1. The number of benzene rings is 2. The summed E-state index contributed by atoms with van der Waals surface area (Å²) in [6, 6.07) is 7.40. The summed E-state index contributed by atoms with van der Waals surface area (Å²) in [4.78, 5) is 14.2. The van der Waals surface area contributed by atoms with Gasteiger partial charge in [0.1, 0.15) is 35.9 Å². The molecule has 4 aromatic rings. The number of rotatable bonds is 6. The van der Waals surface area contributed by atoms with Crippen LogP contribution in [0.2, 0.25) is 0 Å². The Labute approximate surface area is 218 Å². The van der Waals surface area contributed by atoms with Gasteiger partial charge in [-0.1, -0.05) is 22.6 Å². The van der Waals surface area contributed by atoms with Gasteiger partial charge in [-0.3, -0.25) is 4.79 Å². The van der Waals surface area contributed by atoms with Crippen LogP contribution < -0.4 is 0 Å². The first kappa shape index (κ1) is 26.4. The van der Waals surface area contributed by atoms with Crippen LogP contribution in [0.15, 0.2) is 54.9 Å². The normalized spacial score (nSPS) is 23.1. The van der Waals surface area contributed by atoms with Crippen LogP contribution in [-0.4, -0.2) is 94.3 Å². The number of hydrogen-bond acceptors (Lipinski definition) is 9. The van der Waals surface area contributed by atoms with E-state index >= 15 is 0 Å². The van der Waals surface area contributed by atoms with Crippen molar-refractivity contribution in [3.05, 3.63) is 78.0 Å². The van der Waals surface area contributed by atoms with Crippen molar-refractivity contribution in [2.75, 3.05) is 13.7 Å². The van der Waals surface area contributed by atoms with E-state index in [1.54, 1.807) is 6.07 Å². The number of carbonyl (C=O) groups excluding carboxylic acids is 1. The van der Waals surface area contributed by atoms with E-state index in [1.165, 1.54) is 43.7 Å². The lowest BCUT2D eigenvalue weighted by molar-refractivity contribution is -0.235. The van der Waals surface area contributed by atoms with Crippen LogP contribution >= 0.6 is 0 Å². The Kier molecular flexibility index (Phi) is 7.14. The number of aromatic nitrogens is 6. The van der Waals surface area contributed by atoms with Gasteiger partial charge in [-0.25, -0.2) is 22.5 Å². The van der Waals surface area contributed by atoms with Gasteiger partial charge in [-0.15, -0.1) is 10.2 Å². The molecule has 1 amide bonds. The van der Waals surface area contributed by atoms with E-state index in [0.29, 0.717) is 5.56 Å². The summed E-state index contributed by atoms with van der Waals surface area (Å²) in [7, 11) is 1.30. The zero-order valence-electron chi connectivity index (χ0n) is 20.2. The molecule has 1 fully saturated rings. The Morgan fingerprint density at radius 3 is 2.54 bits per heavy atom. The second-order valence-corrected chi connectivity index (χ2v) is 8.88. The summed E-state index contributed by atoms with van der Waals surface area (Å²) in [6.45, 7) is -0.652. The highest BCUT2D eigenvalue weighted by Gasteiger charge is 2.48. The minimum Gasteiger partial charge on any atom is -0.394 e. The van der Waals surface area contributed by atoms with Gasteiger partial charge in [0.15, 0.2) is 23.6 Å². The number of aliphatic hydroxyl groups is 3. The van der Waals surface area contributed by atoms with Gasteiger partial charge >= 0.3 is 0 Å². The standard InChI is InChI=1S/C24H22F3N7O5/c1-32(23(38)18-10-33(30-29-18)14-5-6-15(26)16(27)8-14)24-22(37)20(21(36)19(11-35)39-24)34-9-17(28-31-34)12-3-2-4-13(25)7-12/h2-10,19-22,24,35-37H,11H2,1H3/t19-,20?,21+,22?,24-/m1/s1. The van der Waals surface area contributed by atoms with Crippen LogP contribution in [0.25, 0.3) is 16.9 Å². The van der Waals surface area contributed by atoms with Crippen molar-refractivity contribution < 1.29 is 38.0 Å². The average Bonchev–Trinajstić information content (AvgIpc) is 3.61. The molecule has 0 saturated carbocycles. The molecule has 3 heterocycles. The SMILES string of the molecule is CN(C(=O)c1cn(-c2ccc(F)c(F)c2)nn1)[C@@H]1O[C@H](CO)[C@H](O)C(n2cc(-c3cccc(F)c3)nn2)C1O. The smallest absolute Gasteiger partial charge is 0.277 e. The highest BCUT2D eigenvalue weighted by molar-refractivity contribution is 5.92. The maximum absolute atomic E-state index is 13.7. The fraction of sp³-hybridized carbons (Fsp3) is 0.292. The van der Waals surface area contributed by atoms with E-state index in [-0.39, 0.29) is 17.1 Å². The summed E-state index contributed by atoms with van der Waals surface area (Å²) in [5.41, 5.74) is 0.566. The number of carbonyl (C=O) groups is 1. The molecule has 12 nitrogen and oxygen atoms in total. The van der Waals surface area contributed by atoms with Crippen LogP contribution in [0.4, 0.5) is 13.2 Å². The molecule has 0 bridgehead atoms. The quantitative estimate of drug-likeness (QED) is 0.318. The molecule has 0 aliphatic carbocycles. The maximum atomic E-state index is 13.7. The van der Waals surface area contributed by atoms with Crippen molar-refractivity contribution in [1.82, 2.24) is 34.9 Å². The molecule has 5 rings (SSSR count). The molecule has 2 aromatic heterocycles. The zero-order chi connectivity index (χ0) is 27.8. The second kappa shape index (κ2) is 10.5. The molecule has 1 aliphatic heterocycles. The maximum Gasteiger partial charge on any atom is 0.277 e. The van der Waals surface area contributed by atoms with Gasteiger partial charge in [-0.05, 0) is 24.3 Å². The van der Waals surface area contributed by atoms with E-state index < -0.39 is 60.5 Å². The highest BCUT2D eigenvalue weighted by atomic mass is 19.2. The fourth-order valence-corrected chi connectivity index (χ4v) is 4.33. The van der Waals surface area contributed by atoms with Crippen molar-refractivity contribution in [1.29, 1.82) is 0 Å². The molecule has 5 atom stereocenters. The molecule has 204 valence electrons. The summed E-state index contributed by atoms with van der Waals surface area (Å²) >= 11 is 0. The fourth-order valence-electron chi connectivity index (χ4n) is 4.33. The van der Waals surface area contributed by atoms with Gasteiger partial charge in [0.2, 0.25) is 0 Å². The van der Waals surface area contributed by atoms with Crippen molar-refractivity contribution in [3.63, 3.8) is 0 Å². The summed E-state index contributed by atoms with van der Waals surface area (Å²) in [6.07, 6.45) is -3.07. The molecule has 3 N–H and O–H groups in total. The number of aliphatic hydroxyl groups excluding tert-OH is 3. The molecule has 2 unspecified atom stereocenters. The Balaban J connectivity index is 1.40. The van der Waals surface area contributed by atoms with Gasteiger partial charge in [0, 0.05) is 18.7 Å². The minimum atomic E-state index is -1.57. The topological polar surface area (TPSA) is 152 Å². The van der Waals surface area contributed by atoms with Crippen molar-refractivity contribution >= 4 is 5.91 Å². The largest absolute Gasteiger partial charge is 0.394 e.